The molecule has 3 aromatic rings. The molecule has 168 valence electrons. The first kappa shape index (κ1) is 22.3. The highest BCUT2D eigenvalue weighted by Gasteiger charge is 2.40. The molecule has 1 heterocycles. The highest BCUT2D eigenvalue weighted by molar-refractivity contribution is 6.46. The molecule has 1 N–H and O–H groups in total. The molecule has 0 saturated carbocycles. The number of aryl methyl sites for hydroxylation is 2. The van der Waals surface area contributed by atoms with Crippen LogP contribution in [-0.4, -0.2) is 18.4 Å². The second kappa shape index (κ2) is 9.28. The number of hydrogen-bond donors (Lipinski definition) is 1. The third kappa shape index (κ3) is 4.51. The molecule has 1 aliphatic rings. The summed E-state index contributed by atoms with van der Waals surface area (Å²) in [5.41, 5.74) is 3.88. The van der Waals surface area contributed by atoms with Crippen LogP contribution < -0.4 is 15.0 Å². The van der Waals surface area contributed by atoms with Crippen LogP contribution in [0.3, 0.4) is 0 Å². The topological polar surface area (TPSA) is 58.6 Å². The summed E-state index contributed by atoms with van der Waals surface area (Å²) in [7, 11) is 0. The molecule has 1 aliphatic heterocycles. The summed E-state index contributed by atoms with van der Waals surface area (Å²) in [6.07, 6.45) is 0.870. The third-order valence-electron chi connectivity index (χ3n) is 5.52. The number of ether oxygens (including phenoxy) is 1. The van der Waals surface area contributed by atoms with E-state index in [-0.39, 0.29) is 17.0 Å². The van der Waals surface area contributed by atoms with E-state index in [1.165, 1.54) is 18.2 Å². The van der Waals surface area contributed by atoms with E-state index in [1.54, 1.807) is 18.2 Å². The zero-order valence-corrected chi connectivity index (χ0v) is 18.8. The van der Waals surface area contributed by atoms with Crippen molar-refractivity contribution < 1.29 is 18.7 Å². The molecule has 0 fully saturated rings. The first-order valence-electron chi connectivity index (χ1n) is 10.8. The van der Waals surface area contributed by atoms with Crippen molar-refractivity contribution >= 4 is 28.8 Å². The molecule has 33 heavy (non-hydrogen) atoms. The summed E-state index contributed by atoms with van der Waals surface area (Å²) in [5, 5.41) is 3.13. The lowest BCUT2D eigenvalue weighted by Crippen LogP contribution is -2.32. The van der Waals surface area contributed by atoms with Crippen molar-refractivity contribution in [3.63, 3.8) is 0 Å². The van der Waals surface area contributed by atoms with Crippen molar-refractivity contribution in [1.29, 1.82) is 0 Å². The average Bonchev–Trinajstić information content (AvgIpc) is 3.04. The SMILES string of the molecule is CCCOc1cccc(NC2=C(c3ccc(C)c(C)c3)C(=O)N(c3cccc(F)c3)C2=O)c1. The summed E-state index contributed by atoms with van der Waals surface area (Å²) in [4.78, 5) is 28.0. The Labute approximate surface area is 192 Å². The van der Waals surface area contributed by atoms with Gasteiger partial charge < -0.3 is 10.1 Å². The predicted octanol–water partition coefficient (Wildman–Crippen LogP) is 5.63. The Kier molecular flexibility index (Phi) is 6.27. The van der Waals surface area contributed by atoms with Crippen molar-refractivity contribution in [2.24, 2.45) is 0 Å². The number of amides is 2. The number of hydrogen-bond acceptors (Lipinski definition) is 4. The Morgan fingerprint density at radius 1 is 0.909 bits per heavy atom. The van der Waals surface area contributed by atoms with Crippen LogP contribution in [0.1, 0.15) is 30.0 Å². The minimum Gasteiger partial charge on any atom is -0.494 e. The quantitative estimate of drug-likeness (QED) is 0.480. The first-order chi connectivity index (χ1) is 15.9. The molecule has 0 saturated heterocycles. The van der Waals surface area contributed by atoms with Gasteiger partial charge in [0.05, 0.1) is 17.9 Å². The van der Waals surface area contributed by atoms with Crippen LogP contribution in [0.2, 0.25) is 0 Å². The summed E-state index contributed by atoms with van der Waals surface area (Å²) in [6.45, 7) is 6.53. The standard InChI is InChI=1S/C27H25FN2O3/c1-4-13-33-23-10-6-8-21(16-23)29-25-24(19-12-11-17(2)18(3)14-19)26(31)30(27(25)32)22-9-5-7-20(28)15-22/h5-12,14-16,29H,4,13H2,1-3H3. The zero-order valence-electron chi connectivity index (χ0n) is 18.8. The van der Waals surface area contributed by atoms with Gasteiger partial charge in [-0.2, -0.15) is 0 Å². The largest absolute Gasteiger partial charge is 0.494 e. The zero-order chi connectivity index (χ0) is 23.5. The lowest BCUT2D eigenvalue weighted by molar-refractivity contribution is -0.120. The summed E-state index contributed by atoms with van der Waals surface area (Å²) in [6, 6.07) is 18.3. The van der Waals surface area contributed by atoms with E-state index in [0.717, 1.165) is 22.4 Å². The van der Waals surface area contributed by atoms with Gasteiger partial charge in [-0.15, -0.1) is 0 Å². The van der Waals surface area contributed by atoms with Crippen molar-refractivity contribution in [2.45, 2.75) is 27.2 Å². The Hall–Kier alpha value is -3.93. The highest BCUT2D eigenvalue weighted by Crippen LogP contribution is 2.35. The fourth-order valence-electron chi connectivity index (χ4n) is 3.69. The van der Waals surface area contributed by atoms with Crippen molar-refractivity contribution in [3.8, 4) is 5.75 Å². The van der Waals surface area contributed by atoms with E-state index < -0.39 is 17.6 Å². The maximum absolute atomic E-state index is 13.9. The maximum Gasteiger partial charge on any atom is 0.282 e. The van der Waals surface area contributed by atoms with E-state index in [1.807, 2.05) is 51.1 Å². The van der Waals surface area contributed by atoms with Crippen molar-refractivity contribution in [1.82, 2.24) is 0 Å². The van der Waals surface area contributed by atoms with Gasteiger partial charge in [-0.3, -0.25) is 9.59 Å². The van der Waals surface area contributed by atoms with Gasteiger partial charge in [-0.25, -0.2) is 9.29 Å². The summed E-state index contributed by atoms with van der Waals surface area (Å²) >= 11 is 0. The second-order valence-electron chi connectivity index (χ2n) is 7.98. The smallest absolute Gasteiger partial charge is 0.282 e. The monoisotopic (exact) mass is 444 g/mol. The van der Waals surface area contributed by atoms with Gasteiger partial charge in [0.25, 0.3) is 11.8 Å². The Bertz CT molecular complexity index is 1270. The van der Waals surface area contributed by atoms with Crippen molar-refractivity contribution in [3.05, 3.63) is 94.9 Å². The fourth-order valence-corrected chi connectivity index (χ4v) is 3.69. The van der Waals surface area contributed by atoms with Gasteiger partial charge in [-0.05, 0) is 67.3 Å². The first-order valence-corrected chi connectivity index (χ1v) is 10.8. The van der Waals surface area contributed by atoms with Crippen LogP contribution >= 0.6 is 0 Å². The number of anilines is 2. The molecule has 5 nitrogen and oxygen atoms in total. The number of rotatable bonds is 7. The van der Waals surface area contributed by atoms with Crippen LogP contribution in [0.4, 0.5) is 15.8 Å². The van der Waals surface area contributed by atoms with Crippen LogP contribution in [0.5, 0.6) is 5.75 Å². The summed E-state index contributed by atoms with van der Waals surface area (Å²) < 4.78 is 19.6. The molecular weight excluding hydrogens is 419 g/mol. The molecular formula is C27H25FN2O3. The number of imide groups is 1. The highest BCUT2D eigenvalue weighted by atomic mass is 19.1. The third-order valence-corrected chi connectivity index (χ3v) is 5.52. The predicted molar refractivity (Wildman–Crippen MR) is 128 cm³/mol. The van der Waals surface area contributed by atoms with Gasteiger partial charge in [0.2, 0.25) is 0 Å². The lowest BCUT2D eigenvalue weighted by atomic mass is 9.99. The lowest BCUT2D eigenvalue weighted by Gasteiger charge is -2.15. The molecule has 4 rings (SSSR count). The van der Waals surface area contributed by atoms with Crippen LogP contribution in [0.25, 0.3) is 5.57 Å². The van der Waals surface area contributed by atoms with Gasteiger partial charge in [0, 0.05) is 11.8 Å². The number of halogens is 1. The Morgan fingerprint density at radius 2 is 1.70 bits per heavy atom. The molecule has 0 aromatic heterocycles. The number of carbonyl (C=O) groups excluding carboxylic acids is 2. The number of nitrogens with one attached hydrogen (secondary N) is 1. The van der Waals surface area contributed by atoms with E-state index in [4.69, 9.17) is 4.74 Å². The van der Waals surface area contributed by atoms with E-state index in [0.29, 0.717) is 23.6 Å². The number of carbonyl (C=O) groups is 2. The van der Waals surface area contributed by atoms with Crippen LogP contribution in [0, 0.1) is 19.7 Å². The van der Waals surface area contributed by atoms with Gasteiger partial charge >= 0.3 is 0 Å². The van der Waals surface area contributed by atoms with E-state index >= 15 is 0 Å². The number of benzene rings is 3. The molecule has 0 spiro atoms. The molecule has 2 amide bonds. The second-order valence-corrected chi connectivity index (χ2v) is 7.98. The van der Waals surface area contributed by atoms with Gasteiger partial charge in [0.15, 0.2) is 0 Å². The number of nitrogens with zero attached hydrogens (tertiary/aromatic N) is 1. The molecule has 6 heteroatoms. The molecule has 0 bridgehead atoms. The summed E-state index contributed by atoms with van der Waals surface area (Å²) in [5.74, 6) is -0.912. The molecule has 0 atom stereocenters. The molecule has 0 unspecified atom stereocenters. The molecule has 0 radical (unpaired) electrons. The normalized spacial score (nSPS) is 13.6. The van der Waals surface area contributed by atoms with E-state index in [9.17, 15) is 14.0 Å². The van der Waals surface area contributed by atoms with E-state index in [2.05, 4.69) is 5.32 Å². The average molecular weight is 445 g/mol. The van der Waals surface area contributed by atoms with Crippen LogP contribution in [0.15, 0.2) is 72.4 Å². The van der Waals surface area contributed by atoms with Crippen molar-refractivity contribution in [2.75, 3.05) is 16.8 Å². The Morgan fingerprint density at radius 3 is 2.42 bits per heavy atom. The Balaban J connectivity index is 1.79. The van der Waals surface area contributed by atoms with Gasteiger partial charge in [0.1, 0.15) is 17.3 Å². The molecule has 0 aliphatic carbocycles. The van der Waals surface area contributed by atoms with Gasteiger partial charge in [-0.1, -0.05) is 37.3 Å². The minimum absolute atomic E-state index is 0.139. The van der Waals surface area contributed by atoms with Crippen LogP contribution in [-0.2, 0) is 9.59 Å². The fraction of sp³-hybridized carbons (Fsp3) is 0.185. The minimum atomic E-state index is -0.543. The maximum atomic E-state index is 13.9. The molecule has 3 aromatic carbocycles.